The van der Waals surface area contributed by atoms with Crippen molar-refractivity contribution in [3.63, 3.8) is 0 Å². The van der Waals surface area contributed by atoms with Crippen molar-refractivity contribution in [1.29, 1.82) is 0 Å². The summed E-state index contributed by atoms with van der Waals surface area (Å²) in [6.07, 6.45) is 4.69. The maximum atomic E-state index is 13.9. The minimum absolute atomic E-state index is 0.349. The molecular formula is C14H17FN4. The monoisotopic (exact) mass is 260 g/mol. The lowest BCUT2D eigenvalue weighted by Gasteiger charge is -2.05. The zero-order valence-corrected chi connectivity index (χ0v) is 10.9. The molecule has 19 heavy (non-hydrogen) atoms. The number of rotatable bonds is 2. The molecule has 0 radical (unpaired) electrons. The molecule has 0 unspecified atom stereocenters. The van der Waals surface area contributed by atoms with Gasteiger partial charge in [0.2, 0.25) is 0 Å². The Balaban J connectivity index is 2.05. The van der Waals surface area contributed by atoms with Gasteiger partial charge in [0.1, 0.15) is 5.82 Å². The van der Waals surface area contributed by atoms with Crippen LogP contribution < -0.4 is 5.73 Å². The summed E-state index contributed by atoms with van der Waals surface area (Å²) >= 11 is 0. The second-order valence-electron chi connectivity index (χ2n) is 5.10. The van der Waals surface area contributed by atoms with Gasteiger partial charge in [-0.3, -0.25) is 0 Å². The Bertz CT molecular complexity index is 579. The molecule has 1 saturated carbocycles. The van der Waals surface area contributed by atoms with Gasteiger partial charge in [0, 0.05) is 18.7 Å². The largest absolute Gasteiger partial charge is 0.398 e. The van der Waals surface area contributed by atoms with E-state index < -0.39 is 0 Å². The van der Waals surface area contributed by atoms with Gasteiger partial charge in [-0.1, -0.05) is 18.9 Å². The van der Waals surface area contributed by atoms with Gasteiger partial charge in [-0.25, -0.2) is 14.1 Å². The number of nitrogens with zero attached hydrogens (tertiary/aromatic N) is 3. The van der Waals surface area contributed by atoms with Gasteiger partial charge in [-0.2, -0.15) is 5.10 Å². The molecular weight excluding hydrogens is 243 g/mol. The minimum Gasteiger partial charge on any atom is -0.398 e. The summed E-state index contributed by atoms with van der Waals surface area (Å²) in [5.74, 6) is 1.39. The summed E-state index contributed by atoms with van der Waals surface area (Å²) in [6, 6.07) is 4.68. The van der Waals surface area contributed by atoms with Crippen LogP contribution in [0.15, 0.2) is 18.2 Å². The van der Waals surface area contributed by atoms with Gasteiger partial charge in [-0.05, 0) is 25.0 Å². The van der Waals surface area contributed by atoms with Crippen molar-refractivity contribution < 1.29 is 4.39 Å². The molecule has 0 bridgehead atoms. The van der Waals surface area contributed by atoms with Crippen molar-refractivity contribution in [2.24, 2.45) is 7.05 Å². The van der Waals surface area contributed by atoms with Gasteiger partial charge < -0.3 is 5.73 Å². The second kappa shape index (κ2) is 4.64. The highest BCUT2D eigenvalue weighted by Crippen LogP contribution is 2.34. The van der Waals surface area contributed by atoms with Gasteiger partial charge >= 0.3 is 0 Å². The molecule has 4 nitrogen and oxygen atoms in total. The maximum absolute atomic E-state index is 13.9. The van der Waals surface area contributed by atoms with E-state index in [0.717, 1.165) is 18.7 Å². The van der Waals surface area contributed by atoms with Crippen LogP contribution in [0.25, 0.3) is 11.4 Å². The van der Waals surface area contributed by atoms with E-state index in [1.54, 1.807) is 23.9 Å². The number of halogens is 1. The lowest BCUT2D eigenvalue weighted by atomic mass is 10.1. The number of nitrogens with two attached hydrogens (primary N) is 1. The third kappa shape index (κ3) is 2.09. The smallest absolute Gasteiger partial charge is 0.163 e. The molecule has 2 aromatic rings. The molecule has 0 spiro atoms. The maximum Gasteiger partial charge on any atom is 0.163 e. The first-order valence-electron chi connectivity index (χ1n) is 6.62. The van der Waals surface area contributed by atoms with E-state index in [-0.39, 0.29) is 5.82 Å². The second-order valence-corrected chi connectivity index (χ2v) is 5.10. The molecule has 1 aliphatic rings. The van der Waals surface area contributed by atoms with E-state index in [9.17, 15) is 4.39 Å². The average molecular weight is 260 g/mol. The van der Waals surface area contributed by atoms with E-state index in [1.165, 1.54) is 18.9 Å². The van der Waals surface area contributed by atoms with E-state index in [1.807, 2.05) is 0 Å². The minimum atomic E-state index is -0.353. The predicted octanol–water partition coefficient (Wildman–Crippen LogP) is 2.86. The van der Waals surface area contributed by atoms with Crippen LogP contribution in [0.2, 0.25) is 0 Å². The topological polar surface area (TPSA) is 56.7 Å². The molecule has 100 valence electrons. The van der Waals surface area contributed by atoms with E-state index >= 15 is 0 Å². The number of benzene rings is 1. The summed E-state index contributed by atoms with van der Waals surface area (Å²) < 4.78 is 15.6. The highest BCUT2D eigenvalue weighted by Gasteiger charge is 2.24. The number of nitrogen functional groups attached to an aromatic ring is 1. The normalized spacial score (nSPS) is 16.1. The van der Waals surface area contributed by atoms with Crippen molar-refractivity contribution in [3.05, 3.63) is 29.8 Å². The Labute approximate surface area is 111 Å². The van der Waals surface area contributed by atoms with Gasteiger partial charge in [-0.15, -0.1) is 0 Å². The van der Waals surface area contributed by atoms with Crippen molar-refractivity contribution in [3.8, 4) is 11.4 Å². The molecule has 0 aliphatic heterocycles. The fraction of sp³-hybridized carbons (Fsp3) is 0.429. The first kappa shape index (κ1) is 12.1. The molecule has 1 heterocycles. The average Bonchev–Trinajstić information content (AvgIpc) is 2.99. The first-order chi connectivity index (χ1) is 9.16. The molecule has 3 rings (SSSR count). The zero-order chi connectivity index (χ0) is 13.4. The Morgan fingerprint density at radius 1 is 1.32 bits per heavy atom. The van der Waals surface area contributed by atoms with Crippen LogP contribution in [0.1, 0.15) is 37.4 Å². The van der Waals surface area contributed by atoms with E-state index in [2.05, 4.69) is 10.1 Å². The summed E-state index contributed by atoms with van der Waals surface area (Å²) in [5, 5.41) is 4.43. The Hall–Kier alpha value is -1.91. The Morgan fingerprint density at radius 2 is 2.05 bits per heavy atom. The molecule has 1 aromatic carbocycles. The van der Waals surface area contributed by atoms with Crippen molar-refractivity contribution in [2.45, 2.75) is 31.6 Å². The molecule has 0 atom stereocenters. The molecule has 1 aromatic heterocycles. The summed E-state index contributed by atoms with van der Waals surface area (Å²) in [6.45, 7) is 0. The van der Waals surface area contributed by atoms with Crippen molar-refractivity contribution in [2.75, 3.05) is 5.73 Å². The van der Waals surface area contributed by atoms with E-state index in [4.69, 9.17) is 5.73 Å². The highest BCUT2D eigenvalue weighted by atomic mass is 19.1. The summed E-state index contributed by atoms with van der Waals surface area (Å²) in [4.78, 5) is 4.52. The van der Waals surface area contributed by atoms with Crippen LogP contribution in [0.4, 0.5) is 10.1 Å². The first-order valence-corrected chi connectivity index (χ1v) is 6.62. The van der Waals surface area contributed by atoms with Crippen molar-refractivity contribution >= 4 is 5.69 Å². The summed E-state index contributed by atoms with van der Waals surface area (Å²) in [7, 11) is 1.78. The zero-order valence-electron chi connectivity index (χ0n) is 10.9. The number of anilines is 1. The van der Waals surface area contributed by atoms with Gasteiger partial charge in [0.25, 0.3) is 0 Å². The molecule has 1 aliphatic carbocycles. The van der Waals surface area contributed by atoms with Crippen LogP contribution in [-0.2, 0) is 7.05 Å². The molecule has 5 heteroatoms. The Kier molecular flexibility index (Phi) is 2.97. The quantitative estimate of drug-likeness (QED) is 0.845. The summed E-state index contributed by atoms with van der Waals surface area (Å²) in [5.41, 5.74) is 6.61. The third-order valence-corrected chi connectivity index (χ3v) is 3.77. The van der Waals surface area contributed by atoms with Crippen LogP contribution in [0, 0.1) is 5.82 Å². The van der Waals surface area contributed by atoms with Crippen LogP contribution in [-0.4, -0.2) is 14.8 Å². The molecule has 1 fully saturated rings. The predicted molar refractivity (Wildman–Crippen MR) is 72.0 cm³/mol. The number of hydrogen-bond acceptors (Lipinski definition) is 3. The molecule has 0 amide bonds. The van der Waals surface area contributed by atoms with Crippen molar-refractivity contribution in [1.82, 2.24) is 14.8 Å². The lowest BCUT2D eigenvalue weighted by Crippen LogP contribution is -2.00. The molecule has 2 N–H and O–H groups in total. The third-order valence-electron chi connectivity index (χ3n) is 3.77. The number of aryl methyl sites for hydroxylation is 1. The standard InChI is InChI=1S/C14H17FN4/c1-19-14(12-10(15)7-4-8-11(12)16)17-13(18-19)9-5-2-3-6-9/h4,7-9H,2-3,5-6,16H2,1H3. The lowest BCUT2D eigenvalue weighted by molar-refractivity contribution is 0.627. The SMILES string of the molecule is Cn1nc(C2CCCC2)nc1-c1c(N)cccc1F. The fourth-order valence-corrected chi connectivity index (χ4v) is 2.76. The van der Waals surface area contributed by atoms with Crippen LogP contribution >= 0.6 is 0 Å². The fourth-order valence-electron chi connectivity index (χ4n) is 2.76. The van der Waals surface area contributed by atoms with Gasteiger partial charge in [0.15, 0.2) is 11.6 Å². The van der Waals surface area contributed by atoms with Gasteiger partial charge in [0.05, 0.1) is 5.56 Å². The Morgan fingerprint density at radius 3 is 2.74 bits per heavy atom. The molecule has 0 saturated heterocycles. The van der Waals surface area contributed by atoms with Crippen LogP contribution in [0.3, 0.4) is 0 Å². The van der Waals surface area contributed by atoms with Crippen LogP contribution in [0.5, 0.6) is 0 Å². The highest BCUT2D eigenvalue weighted by molar-refractivity contribution is 5.72. The number of aromatic nitrogens is 3. The number of hydrogen-bond donors (Lipinski definition) is 1. The van der Waals surface area contributed by atoms with E-state index in [0.29, 0.717) is 23.0 Å².